The Morgan fingerprint density at radius 3 is 2.41 bits per heavy atom. The number of pyridine rings is 1. The molecule has 1 aliphatic heterocycles. The third kappa shape index (κ3) is 7.98. The molecule has 3 heterocycles. The van der Waals surface area contributed by atoms with Gasteiger partial charge in [0.2, 0.25) is 15.9 Å². The number of benzene rings is 1. The van der Waals surface area contributed by atoms with Crippen LogP contribution in [0.15, 0.2) is 59.8 Å². The first-order valence-corrected chi connectivity index (χ1v) is 15.5. The maximum absolute atomic E-state index is 13.7. The molecular formula is C27H32Cl3N5O4S2. The summed E-state index contributed by atoms with van der Waals surface area (Å²) < 4.78 is 30.4. The van der Waals surface area contributed by atoms with Gasteiger partial charge in [0.05, 0.1) is 14.1 Å². The topological polar surface area (TPSA) is 112 Å². The summed E-state index contributed by atoms with van der Waals surface area (Å²) in [5.74, 6) is -0.781. The highest BCUT2D eigenvalue weighted by atomic mass is 35.5. The summed E-state index contributed by atoms with van der Waals surface area (Å²) in [7, 11) is -4.13. The van der Waals surface area contributed by atoms with Crippen LogP contribution in [0, 0.1) is 6.92 Å². The number of piperazine rings is 1. The minimum Gasteiger partial charge on any atom is -0.349 e. The maximum atomic E-state index is 13.7. The Hall–Kier alpha value is -2.25. The van der Waals surface area contributed by atoms with Gasteiger partial charge in [0.25, 0.3) is 5.91 Å². The molecule has 0 radical (unpaired) electrons. The zero-order chi connectivity index (χ0) is 27.6. The second kappa shape index (κ2) is 14.3. The molecule has 9 nitrogen and oxygen atoms in total. The van der Waals surface area contributed by atoms with Gasteiger partial charge in [-0.15, -0.1) is 36.2 Å². The highest BCUT2D eigenvalue weighted by Gasteiger charge is 2.35. The van der Waals surface area contributed by atoms with Crippen LogP contribution in [0.2, 0.25) is 4.34 Å². The van der Waals surface area contributed by atoms with Crippen molar-refractivity contribution in [2.45, 2.75) is 36.7 Å². The first kappa shape index (κ1) is 33.3. The Kier molecular flexibility index (Phi) is 11.6. The fraction of sp³-hybridized carbons (Fsp3) is 0.370. The van der Waals surface area contributed by atoms with Gasteiger partial charge in [0.1, 0.15) is 6.04 Å². The smallest absolute Gasteiger partial charge is 0.261 e. The number of carbonyl (C=O) groups excluding carboxylic acids is 2. The molecule has 0 unspecified atom stereocenters. The number of amides is 2. The lowest BCUT2D eigenvalue weighted by molar-refractivity contribution is -0.134. The van der Waals surface area contributed by atoms with Crippen LogP contribution in [0.5, 0.6) is 0 Å². The molecule has 2 aliphatic rings. The molecule has 2 aromatic heterocycles. The molecule has 0 spiro atoms. The van der Waals surface area contributed by atoms with E-state index in [0.717, 1.165) is 35.6 Å². The molecule has 1 saturated heterocycles. The molecular weight excluding hydrogens is 629 g/mol. The Morgan fingerprint density at radius 1 is 1.07 bits per heavy atom. The number of carbonyl (C=O) groups is 2. The number of sulfonamides is 1. The van der Waals surface area contributed by atoms with Gasteiger partial charge in [0.15, 0.2) is 0 Å². The zero-order valence-electron chi connectivity index (χ0n) is 22.3. The minimum absolute atomic E-state index is 0. The Bertz CT molecular complexity index is 1460. The molecule has 222 valence electrons. The van der Waals surface area contributed by atoms with Crippen molar-refractivity contribution in [3.05, 3.63) is 69.6 Å². The molecule has 1 aliphatic carbocycles. The molecule has 2 amide bonds. The summed E-state index contributed by atoms with van der Waals surface area (Å²) in [4.78, 5) is 35.0. The van der Waals surface area contributed by atoms with Crippen molar-refractivity contribution in [1.82, 2.24) is 24.8 Å². The van der Waals surface area contributed by atoms with Crippen LogP contribution in [0.3, 0.4) is 0 Å². The summed E-state index contributed by atoms with van der Waals surface area (Å²) in [6, 6.07) is 11.3. The molecule has 0 bridgehead atoms. The SMILES string of the molecule is Cc1c(-c2cccnc2)cccc1S(=O)(=O)N[C@@H](CNC(=O)c1ccc(Cl)s1)C(=O)N1CCN(C2CC2)CC1.Cl.Cl. The van der Waals surface area contributed by atoms with Crippen molar-refractivity contribution >= 4 is 69.6 Å². The van der Waals surface area contributed by atoms with Gasteiger partial charge < -0.3 is 10.2 Å². The van der Waals surface area contributed by atoms with Gasteiger partial charge in [-0.3, -0.25) is 19.5 Å². The van der Waals surface area contributed by atoms with E-state index in [9.17, 15) is 18.0 Å². The van der Waals surface area contributed by atoms with Crippen LogP contribution < -0.4 is 10.0 Å². The molecule has 2 fully saturated rings. The predicted molar refractivity (Wildman–Crippen MR) is 166 cm³/mol. The van der Waals surface area contributed by atoms with E-state index in [1.807, 2.05) is 12.1 Å². The summed E-state index contributed by atoms with van der Waals surface area (Å²) >= 11 is 7.08. The van der Waals surface area contributed by atoms with Crippen LogP contribution in [0.4, 0.5) is 0 Å². The van der Waals surface area contributed by atoms with Gasteiger partial charge in [-0.2, -0.15) is 4.72 Å². The number of nitrogens with one attached hydrogen (secondary N) is 2. The van der Waals surface area contributed by atoms with E-state index in [0.29, 0.717) is 33.9 Å². The van der Waals surface area contributed by atoms with Crippen molar-refractivity contribution in [1.29, 1.82) is 0 Å². The number of hydrogen-bond donors (Lipinski definition) is 2. The average molecular weight is 661 g/mol. The number of halogens is 3. The Morgan fingerprint density at radius 2 is 1.80 bits per heavy atom. The first-order valence-electron chi connectivity index (χ1n) is 12.8. The van der Waals surface area contributed by atoms with Gasteiger partial charge >= 0.3 is 0 Å². The molecule has 14 heteroatoms. The quantitative estimate of drug-likeness (QED) is 0.359. The third-order valence-corrected chi connectivity index (χ3v) is 9.94. The fourth-order valence-electron chi connectivity index (χ4n) is 4.86. The van der Waals surface area contributed by atoms with E-state index in [2.05, 4.69) is 19.9 Å². The second-order valence-corrected chi connectivity index (χ2v) is 13.1. The number of thiophene rings is 1. The molecule has 3 aromatic rings. The van der Waals surface area contributed by atoms with Crippen molar-refractivity contribution in [2.24, 2.45) is 0 Å². The fourth-order valence-corrected chi connectivity index (χ4v) is 7.27. The monoisotopic (exact) mass is 659 g/mol. The van der Waals surface area contributed by atoms with Crippen LogP contribution in [-0.2, 0) is 14.8 Å². The maximum Gasteiger partial charge on any atom is 0.261 e. The number of nitrogens with zero attached hydrogens (tertiary/aromatic N) is 3. The summed E-state index contributed by atoms with van der Waals surface area (Å²) in [6.07, 6.45) is 5.70. The summed E-state index contributed by atoms with van der Waals surface area (Å²) in [6.45, 7) is 4.06. The molecule has 2 N–H and O–H groups in total. The van der Waals surface area contributed by atoms with Crippen molar-refractivity contribution in [2.75, 3.05) is 32.7 Å². The molecule has 1 saturated carbocycles. The zero-order valence-corrected chi connectivity index (χ0v) is 26.3. The van der Waals surface area contributed by atoms with Crippen molar-refractivity contribution in [3.8, 4) is 11.1 Å². The van der Waals surface area contributed by atoms with Crippen LogP contribution in [-0.4, -0.2) is 79.8 Å². The van der Waals surface area contributed by atoms with Gasteiger partial charge in [-0.05, 0) is 55.2 Å². The Balaban J connectivity index is 0.00000231. The van der Waals surface area contributed by atoms with Gasteiger partial charge in [-0.1, -0.05) is 29.8 Å². The standard InChI is InChI=1S/C27H30ClN5O4S2.2ClH/c1-18-21(19-4-3-11-29-16-19)5-2-6-24(18)39(36,37)31-22(17-30-26(34)23-9-10-25(28)38-23)27(35)33-14-12-32(13-15-33)20-7-8-20;;/h2-6,9-11,16,20,22,31H,7-8,12-15,17H2,1H3,(H,30,34);2*1H/t22-;;/m0../s1. The van der Waals surface area contributed by atoms with Crippen molar-refractivity contribution < 1.29 is 18.0 Å². The lowest BCUT2D eigenvalue weighted by Gasteiger charge is -2.36. The summed E-state index contributed by atoms with van der Waals surface area (Å²) in [5, 5.41) is 2.71. The van der Waals surface area contributed by atoms with E-state index >= 15 is 0 Å². The van der Waals surface area contributed by atoms with Gasteiger partial charge in [-0.25, -0.2) is 8.42 Å². The summed E-state index contributed by atoms with van der Waals surface area (Å²) in [5.41, 5.74) is 2.06. The van der Waals surface area contributed by atoms with E-state index in [-0.39, 0.29) is 42.2 Å². The highest BCUT2D eigenvalue weighted by Crippen LogP contribution is 2.29. The van der Waals surface area contributed by atoms with E-state index in [1.165, 1.54) is 18.9 Å². The average Bonchev–Trinajstić information content (AvgIpc) is 3.70. The van der Waals surface area contributed by atoms with Crippen LogP contribution in [0.1, 0.15) is 28.1 Å². The highest BCUT2D eigenvalue weighted by molar-refractivity contribution is 7.89. The van der Waals surface area contributed by atoms with Crippen LogP contribution >= 0.6 is 47.8 Å². The van der Waals surface area contributed by atoms with Gasteiger partial charge in [0, 0.05) is 56.7 Å². The minimum atomic E-state index is -4.13. The third-order valence-electron chi connectivity index (χ3n) is 7.09. The van der Waals surface area contributed by atoms with Crippen LogP contribution in [0.25, 0.3) is 11.1 Å². The number of aromatic nitrogens is 1. The normalized spacial score (nSPS) is 16.3. The molecule has 5 rings (SSSR count). The lowest BCUT2D eigenvalue weighted by Crippen LogP contribution is -2.58. The lowest BCUT2D eigenvalue weighted by atomic mass is 10.0. The largest absolute Gasteiger partial charge is 0.349 e. The molecule has 1 aromatic carbocycles. The first-order chi connectivity index (χ1) is 18.7. The van der Waals surface area contributed by atoms with E-state index < -0.39 is 22.0 Å². The Labute approximate surface area is 261 Å². The number of hydrogen-bond acceptors (Lipinski definition) is 7. The van der Waals surface area contributed by atoms with E-state index in [1.54, 1.807) is 48.5 Å². The number of rotatable bonds is 9. The predicted octanol–water partition coefficient (Wildman–Crippen LogP) is 4.00. The molecule has 41 heavy (non-hydrogen) atoms. The molecule has 1 atom stereocenters. The van der Waals surface area contributed by atoms with E-state index in [4.69, 9.17) is 11.6 Å². The van der Waals surface area contributed by atoms with Crippen molar-refractivity contribution in [3.63, 3.8) is 0 Å². The second-order valence-electron chi connectivity index (χ2n) is 9.75.